The average molecular weight is 342 g/mol. The van der Waals surface area contributed by atoms with Crippen molar-refractivity contribution in [2.45, 2.75) is 31.8 Å². The van der Waals surface area contributed by atoms with E-state index in [-0.39, 0.29) is 12.0 Å². The van der Waals surface area contributed by atoms with Crippen molar-refractivity contribution < 1.29 is 19.3 Å². The smallest absolute Gasteiger partial charge is 0.220 e. The lowest BCUT2D eigenvalue weighted by molar-refractivity contribution is -0.305. The Hall–Kier alpha value is 0.310. The Kier molecular flexibility index (Phi) is 5.18. The van der Waals surface area contributed by atoms with E-state index < -0.39 is 11.9 Å². The number of hydrogen-bond acceptors (Lipinski definition) is 4. The van der Waals surface area contributed by atoms with Crippen LogP contribution in [-0.4, -0.2) is 43.9 Å². The van der Waals surface area contributed by atoms with E-state index in [1.165, 1.54) is 7.11 Å². The van der Waals surface area contributed by atoms with Gasteiger partial charge < -0.3 is 19.3 Å². The first-order chi connectivity index (χ1) is 7.53. The molecule has 0 aliphatic carbocycles. The monoisotopic (exact) mass is 342 g/mol. The lowest BCUT2D eigenvalue weighted by atomic mass is 9.88. The third-order valence-corrected chi connectivity index (χ3v) is 4.05. The van der Waals surface area contributed by atoms with Crippen molar-refractivity contribution >= 4 is 22.6 Å². The molecule has 1 aliphatic rings. The molecule has 1 aliphatic heterocycles. The molecule has 0 aromatic heterocycles. The molecule has 1 N–H and O–H groups in total. The molecular weight excluding hydrogens is 323 g/mol. The van der Waals surface area contributed by atoms with E-state index in [2.05, 4.69) is 22.6 Å². The van der Waals surface area contributed by atoms with Crippen LogP contribution in [0.1, 0.15) is 13.8 Å². The molecule has 1 saturated heterocycles. The summed E-state index contributed by atoms with van der Waals surface area (Å²) >= 11 is 2.11. The summed E-state index contributed by atoms with van der Waals surface area (Å²) in [5.41, 5.74) is 0.844. The summed E-state index contributed by atoms with van der Waals surface area (Å²) in [5, 5.41) is 10.3. The number of methoxy groups -OCH3 is 2. The van der Waals surface area contributed by atoms with Gasteiger partial charge in [0, 0.05) is 20.1 Å². The number of rotatable bonds is 3. The second-order valence-electron chi connectivity index (χ2n) is 4.10. The number of aliphatic hydroxyl groups is 1. The molecule has 0 amide bonds. The summed E-state index contributed by atoms with van der Waals surface area (Å²) in [6.07, 6.45) is -1.10. The van der Waals surface area contributed by atoms with Gasteiger partial charge in [0.05, 0.1) is 12.7 Å². The van der Waals surface area contributed by atoms with Crippen LogP contribution in [0.2, 0.25) is 0 Å². The second kappa shape index (κ2) is 5.77. The Balaban J connectivity index is 3.03. The maximum atomic E-state index is 10.3. The third kappa shape index (κ3) is 2.28. The molecule has 4 nitrogen and oxygen atoms in total. The molecule has 0 radical (unpaired) electrons. The van der Waals surface area contributed by atoms with E-state index in [0.717, 1.165) is 5.57 Å². The van der Waals surface area contributed by atoms with E-state index in [4.69, 9.17) is 14.2 Å². The van der Waals surface area contributed by atoms with Gasteiger partial charge in [-0.15, -0.1) is 0 Å². The Morgan fingerprint density at radius 3 is 2.62 bits per heavy atom. The normalized spacial score (nSPS) is 41.1. The molecule has 0 unspecified atom stereocenters. The van der Waals surface area contributed by atoms with Gasteiger partial charge in [-0.2, -0.15) is 0 Å². The molecule has 1 rings (SSSR count). The van der Waals surface area contributed by atoms with E-state index in [9.17, 15) is 5.11 Å². The molecule has 4 atom stereocenters. The summed E-state index contributed by atoms with van der Waals surface area (Å²) in [6, 6.07) is 0. The Bertz CT molecular complexity index is 269. The van der Waals surface area contributed by atoms with Crippen molar-refractivity contribution in [2.24, 2.45) is 5.92 Å². The largest absolute Gasteiger partial charge is 0.384 e. The Morgan fingerprint density at radius 1 is 1.56 bits per heavy atom. The summed E-state index contributed by atoms with van der Waals surface area (Å²) in [7, 11) is 3.13. The second-order valence-corrected chi connectivity index (χ2v) is 4.72. The first kappa shape index (κ1) is 14.4. The van der Waals surface area contributed by atoms with Crippen molar-refractivity contribution in [3.63, 3.8) is 0 Å². The lowest BCUT2D eigenvalue weighted by Gasteiger charge is -2.46. The maximum absolute atomic E-state index is 10.3. The number of ether oxygens (including phenoxy) is 3. The van der Waals surface area contributed by atoms with Crippen molar-refractivity contribution in [2.75, 3.05) is 20.8 Å². The minimum Gasteiger partial charge on any atom is -0.384 e. The minimum absolute atomic E-state index is 0.144. The minimum atomic E-state index is -1.08. The molecule has 0 saturated carbocycles. The van der Waals surface area contributed by atoms with Crippen molar-refractivity contribution in [1.82, 2.24) is 0 Å². The predicted molar refractivity (Wildman–Crippen MR) is 69.4 cm³/mol. The highest BCUT2D eigenvalue weighted by Crippen LogP contribution is 2.36. The van der Waals surface area contributed by atoms with Crippen LogP contribution in [0.3, 0.4) is 0 Å². The lowest BCUT2D eigenvalue weighted by Crippen LogP contribution is -2.60. The van der Waals surface area contributed by atoms with E-state index in [1.807, 2.05) is 17.9 Å². The predicted octanol–water partition coefficient (Wildman–Crippen LogP) is 1.71. The fraction of sp³-hybridized carbons (Fsp3) is 0.818. The number of halogens is 1. The number of hydrogen-bond donors (Lipinski definition) is 1. The van der Waals surface area contributed by atoms with Crippen LogP contribution in [0.15, 0.2) is 9.66 Å². The van der Waals surface area contributed by atoms with Crippen LogP contribution < -0.4 is 0 Å². The van der Waals surface area contributed by atoms with Crippen LogP contribution in [0, 0.1) is 5.92 Å². The van der Waals surface area contributed by atoms with Crippen LogP contribution in [0.25, 0.3) is 0 Å². The van der Waals surface area contributed by atoms with Gasteiger partial charge in [0.25, 0.3) is 0 Å². The third-order valence-electron chi connectivity index (χ3n) is 3.11. The van der Waals surface area contributed by atoms with Gasteiger partial charge in [0.2, 0.25) is 5.79 Å². The van der Waals surface area contributed by atoms with E-state index in [0.29, 0.717) is 6.61 Å². The van der Waals surface area contributed by atoms with Crippen LogP contribution in [0.4, 0.5) is 0 Å². The zero-order valence-corrected chi connectivity index (χ0v) is 12.2. The van der Waals surface area contributed by atoms with Gasteiger partial charge in [-0.3, -0.25) is 0 Å². The Morgan fingerprint density at radius 2 is 2.19 bits per heavy atom. The summed E-state index contributed by atoms with van der Waals surface area (Å²) in [5.74, 6) is -0.931. The molecule has 5 heteroatoms. The highest BCUT2D eigenvalue weighted by atomic mass is 127. The molecule has 1 fully saturated rings. The number of aliphatic hydroxyl groups excluding tert-OH is 1. The zero-order chi connectivity index (χ0) is 12.3. The summed E-state index contributed by atoms with van der Waals surface area (Å²) in [4.78, 5) is 0. The molecule has 0 bridgehead atoms. The highest BCUT2D eigenvalue weighted by Gasteiger charge is 2.51. The molecule has 16 heavy (non-hydrogen) atoms. The quantitative estimate of drug-likeness (QED) is 0.794. The average Bonchev–Trinajstić information content (AvgIpc) is 2.30. The van der Waals surface area contributed by atoms with Gasteiger partial charge in [0.15, 0.2) is 0 Å². The van der Waals surface area contributed by atoms with Gasteiger partial charge in [-0.05, 0) is 16.6 Å². The molecule has 0 aromatic carbocycles. The van der Waals surface area contributed by atoms with Crippen LogP contribution in [-0.2, 0) is 14.2 Å². The van der Waals surface area contributed by atoms with Gasteiger partial charge in [0.1, 0.15) is 6.10 Å². The standard InChI is InChI=1S/C11H19IO4/c1-7-6-16-11(15-4,8(2)5-12)10(13)9(7)14-3/h5,7,9-10,13H,6H2,1-4H3/b8-5+/t7-,9-,10+,11-/m0/s1. The van der Waals surface area contributed by atoms with E-state index in [1.54, 1.807) is 7.11 Å². The van der Waals surface area contributed by atoms with Crippen LogP contribution in [0.5, 0.6) is 0 Å². The SMILES string of the molecule is CO[C@@H]1[C@@H](O)[C@](OC)(/C(C)=C/I)OC[C@@H]1C. The molecule has 0 spiro atoms. The fourth-order valence-electron chi connectivity index (χ4n) is 2.09. The first-order valence-electron chi connectivity index (χ1n) is 5.21. The summed E-state index contributed by atoms with van der Waals surface area (Å²) < 4.78 is 18.3. The van der Waals surface area contributed by atoms with Gasteiger partial charge in [-0.1, -0.05) is 29.5 Å². The summed E-state index contributed by atoms with van der Waals surface area (Å²) in [6.45, 7) is 4.37. The topological polar surface area (TPSA) is 47.9 Å². The first-order valence-corrected chi connectivity index (χ1v) is 6.45. The van der Waals surface area contributed by atoms with Gasteiger partial charge >= 0.3 is 0 Å². The highest BCUT2D eigenvalue weighted by molar-refractivity contribution is 14.1. The maximum Gasteiger partial charge on any atom is 0.220 e. The molecule has 1 heterocycles. The van der Waals surface area contributed by atoms with Crippen LogP contribution >= 0.6 is 22.6 Å². The molecule has 0 aromatic rings. The fourth-order valence-corrected chi connectivity index (χ4v) is 2.52. The zero-order valence-electron chi connectivity index (χ0n) is 10.1. The molecule has 94 valence electrons. The Labute approximate surface area is 110 Å². The molecular formula is C11H19IO4. The van der Waals surface area contributed by atoms with Gasteiger partial charge in [-0.25, -0.2) is 0 Å². The van der Waals surface area contributed by atoms with E-state index >= 15 is 0 Å². The van der Waals surface area contributed by atoms with Crippen molar-refractivity contribution in [3.8, 4) is 0 Å². The van der Waals surface area contributed by atoms with Crippen molar-refractivity contribution in [3.05, 3.63) is 9.66 Å². The van der Waals surface area contributed by atoms with Crippen molar-refractivity contribution in [1.29, 1.82) is 0 Å².